The van der Waals surface area contributed by atoms with Gasteiger partial charge in [-0.15, -0.1) is 10.2 Å². The van der Waals surface area contributed by atoms with E-state index in [0.717, 1.165) is 68.9 Å². The summed E-state index contributed by atoms with van der Waals surface area (Å²) in [6.07, 6.45) is 4.02. The molecule has 2 saturated heterocycles. The minimum absolute atomic E-state index is 0.0605. The number of pyridine rings is 1. The summed E-state index contributed by atoms with van der Waals surface area (Å²) in [6, 6.07) is 8.23. The summed E-state index contributed by atoms with van der Waals surface area (Å²) in [5, 5.41) is 10.8. The Labute approximate surface area is 176 Å². The van der Waals surface area contributed by atoms with Crippen LogP contribution in [-0.4, -0.2) is 65.3 Å². The van der Waals surface area contributed by atoms with Gasteiger partial charge in [0.25, 0.3) is 11.5 Å². The third kappa shape index (κ3) is 4.23. The normalized spacial score (nSPS) is 20.5. The van der Waals surface area contributed by atoms with Gasteiger partial charge in [-0.3, -0.25) is 14.5 Å². The van der Waals surface area contributed by atoms with Crippen LogP contribution in [0.1, 0.15) is 53.8 Å². The van der Waals surface area contributed by atoms with Crippen molar-refractivity contribution in [3.05, 3.63) is 51.6 Å². The smallest absolute Gasteiger partial charge is 0.271 e. The number of nitrogens with zero attached hydrogens (tertiary/aromatic N) is 4. The maximum atomic E-state index is 12.1. The lowest BCUT2D eigenvalue weighted by Gasteiger charge is -2.37. The molecule has 0 aliphatic carbocycles. The molecule has 0 radical (unpaired) electrons. The van der Waals surface area contributed by atoms with Gasteiger partial charge >= 0.3 is 0 Å². The second-order valence-corrected chi connectivity index (χ2v) is 8.18. The Kier molecular flexibility index (Phi) is 6.13. The molecule has 0 bridgehead atoms. The zero-order valence-electron chi connectivity index (χ0n) is 17.7. The Balaban J connectivity index is 1.32. The number of aromatic nitrogens is 3. The number of amides is 1. The minimum Gasteiger partial charge on any atom is -0.355 e. The number of aromatic amines is 1. The summed E-state index contributed by atoms with van der Waals surface area (Å²) in [6.45, 7) is 5.96. The first-order valence-corrected chi connectivity index (χ1v) is 10.9. The fourth-order valence-corrected chi connectivity index (χ4v) is 4.61. The number of aryl methyl sites for hydroxylation is 1. The largest absolute Gasteiger partial charge is 0.355 e. The molecule has 0 spiro atoms. The molecule has 0 saturated carbocycles. The molecule has 2 fully saturated rings. The van der Waals surface area contributed by atoms with Crippen LogP contribution in [0.15, 0.2) is 29.1 Å². The van der Waals surface area contributed by atoms with Crippen LogP contribution >= 0.6 is 0 Å². The van der Waals surface area contributed by atoms with Crippen molar-refractivity contribution in [3.8, 4) is 0 Å². The predicted octanol–water partition coefficient (Wildman–Crippen LogP) is 1.55. The van der Waals surface area contributed by atoms with Gasteiger partial charge in [0.1, 0.15) is 0 Å². The van der Waals surface area contributed by atoms with Gasteiger partial charge in [-0.2, -0.15) is 0 Å². The van der Waals surface area contributed by atoms with Gasteiger partial charge in [-0.1, -0.05) is 13.0 Å². The van der Waals surface area contributed by atoms with E-state index in [0.29, 0.717) is 17.7 Å². The lowest BCUT2D eigenvalue weighted by Crippen LogP contribution is -2.44. The fourth-order valence-electron chi connectivity index (χ4n) is 4.61. The average Bonchev–Trinajstić information content (AvgIpc) is 3.29. The Morgan fingerprint density at radius 2 is 1.93 bits per heavy atom. The Bertz CT molecular complexity index is 933. The molecule has 0 aromatic carbocycles. The molecule has 2 aliphatic rings. The second kappa shape index (κ2) is 8.95. The second-order valence-electron chi connectivity index (χ2n) is 8.18. The van der Waals surface area contributed by atoms with E-state index in [4.69, 9.17) is 0 Å². The minimum atomic E-state index is -0.220. The summed E-state index contributed by atoms with van der Waals surface area (Å²) < 4.78 is 0. The number of H-pyrrole nitrogens is 1. The molecule has 8 nitrogen and oxygen atoms in total. The molecule has 1 unspecified atom stereocenters. The molecular weight excluding hydrogens is 380 g/mol. The first-order valence-electron chi connectivity index (χ1n) is 10.9. The number of rotatable bonds is 5. The van der Waals surface area contributed by atoms with Crippen molar-refractivity contribution in [3.63, 3.8) is 0 Å². The molecule has 30 heavy (non-hydrogen) atoms. The topological polar surface area (TPSA) is 94.2 Å². The van der Waals surface area contributed by atoms with E-state index in [9.17, 15) is 9.59 Å². The van der Waals surface area contributed by atoms with Gasteiger partial charge in [0.05, 0.1) is 0 Å². The summed E-state index contributed by atoms with van der Waals surface area (Å²) in [5.74, 6) is 1.01. The highest BCUT2D eigenvalue weighted by Crippen LogP contribution is 2.30. The van der Waals surface area contributed by atoms with Crippen molar-refractivity contribution in [1.82, 2.24) is 25.4 Å². The Hall–Kier alpha value is -2.74. The zero-order valence-corrected chi connectivity index (χ0v) is 17.7. The molecule has 2 aromatic heterocycles. The first kappa shape index (κ1) is 20.5. The SMILES string of the molecule is CCc1ccc(C2CCN(C3CCN(c4ccc(C(=O)NC)nn4)CC3)C2)[nH]c1=O. The number of piperidine rings is 1. The Morgan fingerprint density at radius 3 is 2.57 bits per heavy atom. The number of anilines is 1. The number of nitrogens with one attached hydrogen (secondary N) is 2. The first-order chi connectivity index (χ1) is 14.6. The van der Waals surface area contributed by atoms with Crippen LogP contribution in [0.4, 0.5) is 5.82 Å². The van der Waals surface area contributed by atoms with E-state index in [-0.39, 0.29) is 11.5 Å². The van der Waals surface area contributed by atoms with E-state index in [1.165, 1.54) is 0 Å². The van der Waals surface area contributed by atoms with Crippen LogP contribution in [0, 0.1) is 0 Å². The highest BCUT2D eigenvalue weighted by molar-refractivity contribution is 5.91. The number of carbonyl (C=O) groups is 1. The van der Waals surface area contributed by atoms with Gasteiger partial charge in [0.2, 0.25) is 0 Å². The maximum Gasteiger partial charge on any atom is 0.271 e. The van der Waals surface area contributed by atoms with E-state index >= 15 is 0 Å². The van der Waals surface area contributed by atoms with Gasteiger partial charge in [0, 0.05) is 49.9 Å². The van der Waals surface area contributed by atoms with Crippen molar-refractivity contribution in [2.45, 2.75) is 44.6 Å². The van der Waals surface area contributed by atoms with Crippen molar-refractivity contribution in [1.29, 1.82) is 0 Å². The molecule has 1 amide bonds. The van der Waals surface area contributed by atoms with E-state index in [1.807, 2.05) is 19.1 Å². The summed E-state index contributed by atoms with van der Waals surface area (Å²) in [7, 11) is 1.59. The van der Waals surface area contributed by atoms with Crippen LogP contribution in [0.3, 0.4) is 0 Å². The molecule has 4 rings (SSSR count). The van der Waals surface area contributed by atoms with Crippen LogP contribution in [0.2, 0.25) is 0 Å². The van der Waals surface area contributed by atoms with E-state index in [1.54, 1.807) is 13.1 Å². The third-order valence-electron chi connectivity index (χ3n) is 6.47. The quantitative estimate of drug-likeness (QED) is 0.777. The number of likely N-dealkylation sites (tertiary alicyclic amines) is 1. The lowest BCUT2D eigenvalue weighted by atomic mass is 10.0. The van der Waals surface area contributed by atoms with Crippen molar-refractivity contribution in [2.75, 3.05) is 38.1 Å². The van der Waals surface area contributed by atoms with Crippen molar-refractivity contribution >= 4 is 11.7 Å². The molecule has 8 heteroatoms. The summed E-state index contributed by atoms with van der Waals surface area (Å²) >= 11 is 0. The van der Waals surface area contributed by atoms with E-state index < -0.39 is 0 Å². The summed E-state index contributed by atoms with van der Waals surface area (Å²) in [4.78, 5) is 31.7. The number of carbonyl (C=O) groups excluding carboxylic acids is 1. The fraction of sp³-hybridized carbons (Fsp3) is 0.545. The molecule has 2 aliphatic heterocycles. The molecule has 1 atom stereocenters. The zero-order chi connectivity index (χ0) is 21.1. The van der Waals surface area contributed by atoms with Crippen LogP contribution < -0.4 is 15.8 Å². The maximum absolute atomic E-state index is 12.1. The van der Waals surface area contributed by atoms with Crippen molar-refractivity contribution < 1.29 is 4.79 Å². The highest BCUT2D eigenvalue weighted by Gasteiger charge is 2.32. The summed E-state index contributed by atoms with van der Waals surface area (Å²) in [5.41, 5.74) is 2.32. The van der Waals surface area contributed by atoms with Gasteiger partial charge in [-0.25, -0.2) is 0 Å². The van der Waals surface area contributed by atoms with E-state index in [2.05, 4.69) is 36.4 Å². The molecule has 4 heterocycles. The Morgan fingerprint density at radius 1 is 1.13 bits per heavy atom. The number of hydrogen-bond acceptors (Lipinski definition) is 6. The third-order valence-corrected chi connectivity index (χ3v) is 6.47. The van der Waals surface area contributed by atoms with Crippen molar-refractivity contribution in [2.24, 2.45) is 0 Å². The van der Waals surface area contributed by atoms with Gasteiger partial charge in [-0.05, 0) is 50.4 Å². The van der Waals surface area contributed by atoms with Crippen LogP contribution in [0.25, 0.3) is 0 Å². The van der Waals surface area contributed by atoms with Crippen LogP contribution in [0.5, 0.6) is 0 Å². The predicted molar refractivity (Wildman–Crippen MR) is 116 cm³/mol. The number of hydrogen-bond donors (Lipinski definition) is 2. The molecule has 2 N–H and O–H groups in total. The molecule has 2 aromatic rings. The van der Waals surface area contributed by atoms with Crippen LogP contribution in [-0.2, 0) is 6.42 Å². The van der Waals surface area contributed by atoms with Gasteiger partial charge < -0.3 is 15.2 Å². The molecule has 160 valence electrons. The molecular formula is C22H30N6O2. The van der Waals surface area contributed by atoms with Gasteiger partial charge in [0.15, 0.2) is 11.5 Å². The standard InChI is InChI=1S/C22H30N6O2/c1-3-15-4-5-18(24-21(15)29)16-8-11-28(14-16)17-9-12-27(13-10-17)20-7-6-19(25-26-20)22(30)23-2/h4-7,16-17H,3,8-14H2,1-2H3,(H,23,30)(H,24,29). The average molecular weight is 411 g/mol. The lowest BCUT2D eigenvalue weighted by molar-refractivity contribution is 0.0957. The highest BCUT2D eigenvalue weighted by atomic mass is 16.1. The monoisotopic (exact) mass is 410 g/mol.